The van der Waals surface area contributed by atoms with Crippen LogP contribution in [0.5, 0.6) is 0 Å². The van der Waals surface area contributed by atoms with Gasteiger partial charge in [0.1, 0.15) is 5.60 Å². The molecule has 218 valence electrons. The number of likely N-dealkylation sites (tertiary alicyclic amines) is 1. The van der Waals surface area contributed by atoms with E-state index in [2.05, 4.69) is 63.4 Å². The Morgan fingerprint density at radius 3 is 2.67 bits per heavy atom. The third-order valence-electron chi connectivity index (χ3n) is 9.82. The number of likely N-dealkylation sites (N-methyl/N-ethyl adjacent to an activating group) is 1. The predicted molar refractivity (Wildman–Crippen MR) is 149 cm³/mol. The fourth-order valence-electron chi connectivity index (χ4n) is 7.62. The van der Waals surface area contributed by atoms with Gasteiger partial charge in [0.2, 0.25) is 0 Å². The second-order valence-electron chi connectivity index (χ2n) is 13.1. The molecule has 1 aromatic heterocycles. The van der Waals surface area contributed by atoms with Crippen molar-refractivity contribution in [2.75, 3.05) is 27.3 Å². The molecular formula is C30H48N4O5. The van der Waals surface area contributed by atoms with Gasteiger partial charge < -0.3 is 28.8 Å². The number of hydrogen-bond acceptors (Lipinski definition) is 6. The molecule has 1 amide bonds. The maximum atomic E-state index is 13.1. The Morgan fingerprint density at radius 2 is 2.10 bits per heavy atom. The lowest BCUT2D eigenvalue weighted by molar-refractivity contribution is -0.102. The molecule has 0 radical (unpaired) electrons. The van der Waals surface area contributed by atoms with Crippen LogP contribution in [0.2, 0.25) is 0 Å². The average molecular weight is 545 g/mol. The van der Waals surface area contributed by atoms with Crippen LogP contribution in [0.4, 0.5) is 4.79 Å². The van der Waals surface area contributed by atoms with Gasteiger partial charge in [-0.25, -0.2) is 9.78 Å². The van der Waals surface area contributed by atoms with Gasteiger partial charge in [-0.05, 0) is 72.4 Å². The molecule has 4 fully saturated rings. The van der Waals surface area contributed by atoms with Gasteiger partial charge in [0, 0.05) is 31.8 Å². The van der Waals surface area contributed by atoms with Crippen molar-refractivity contribution in [1.29, 1.82) is 0 Å². The number of carbonyl (C=O) groups is 1. The Kier molecular flexibility index (Phi) is 7.92. The van der Waals surface area contributed by atoms with Gasteiger partial charge in [-0.15, -0.1) is 0 Å². The van der Waals surface area contributed by atoms with Crippen LogP contribution < -0.4 is 0 Å². The molecule has 1 aliphatic carbocycles. The number of epoxide rings is 2. The first kappa shape index (κ1) is 28.6. The summed E-state index contributed by atoms with van der Waals surface area (Å²) in [5.74, 6) is -0.00441. The number of imidazole rings is 1. The zero-order valence-electron chi connectivity index (χ0n) is 24.8. The Morgan fingerprint density at radius 1 is 1.36 bits per heavy atom. The summed E-state index contributed by atoms with van der Waals surface area (Å²) in [5.41, 5.74) is 1.37. The topological polar surface area (TPSA) is 95.9 Å². The molecule has 3 saturated heterocycles. The summed E-state index contributed by atoms with van der Waals surface area (Å²) in [4.78, 5) is 21.9. The lowest BCUT2D eigenvalue weighted by Gasteiger charge is -2.48. The zero-order chi connectivity index (χ0) is 28.1. The lowest BCUT2D eigenvalue weighted by Crippen LogP contribution is -2.61. The molecule has 9 nitrogen and oxygen atoms in total. The summed E-state index contributed by atoms with van der Waals surface area (Å²) in [6.07, 6.45) is 9.68. The molecule has 8 atom stereocenters. The molecule has 1 spiro atoms. The maximum Gasteiger partial charge on any atom is 0.408 e. The van der Waals surface area contributed by atoms with E-state index in [0.717, 1.165) is 31.6 Å². The van der Waals surface area contributed by atoms with Crippen LogP contribution >= 0.6 is 0 Å². The average Bonchev–Trinajstić information content (AvgIpc) is 3.66. The molecule has 39 heavy (non-hydrogen) atoms. The van der Waals surface area contributed by atoms with E-state index in [1.165, 1.54) is 18.4 Å². The Hall–Kier alpha value is -1.94. The fraction of sp³-hybridized carbons (Fsp3) is 0.800. The third kappa shape index (κ3) is 5.39. The molecule has 9 heteroatoms. The highest BCUT2D eigenvalue weighted by atomic mass is 16.6. The molecule has 1 saturated carbocycles. The number of methoxy groups -OCH3 is 1. The Bertz CT molecular complexity index is 1060. The van der Waals surface area contributed by atoms with Crippen LogP contribution in [0.15, 0.2) is 24.2 Å². The smallest absolute Gasteiger partial charge is 0.408 e. The first-order valence-electron chi connectivity index (χ1n) is 14.7. The quantitative estimate of drug-likeness (QED) is 0.336. The van der Waals surface area contributed by atoms with Gasteiger partial charge in [-0.1, -0.05) is 25.5 Å². The Labute approximate surface area is 233 Å². The van der Waals surface area contributed by atoms with Crippen molar-refractivity contribution in [3.05, 3.63) is 29.9 Å². The van der Waals surface area contributed by atoms with Crippen molar-refractivity contribution in [3.8, 4) is 0 Å². The van der Waals surface area contributed by atoms with Crippen molar-refractivity contribution in [3.63, 3.8) is 0 Å². The van der Waals surface area contributed by atoms with E-state index in [-0.39, 0.29) is 41.7 Å². The molecule has 0 bridgehead atoms. The van der Waals surface area contributed by atoms with E-state index in [0.29, 0.717) is 19.1 Å². The van der Waals surface area contributed by atoms with Crippen molar-refractivity contribution < 1.29 is 24.1 Å². The molecule has 1 N–H and O–H groups in total. The van der Waals surface area contributed by atoms with E-state index in [4.69, 9.17) is 19.2 Å². The van der Waals surface area contributed by atoms with E-state index in [1.807, 2.05) is 6.33 Å². The maximum absolute atomic E-state index is 13.1. The molecule has 4 heterocycles. The normalized spacial score (nSPS) is 36.8. The second kappa shape index (κ2) is 10.8. The highest BCUT2D eigenvalue weighted by Crippen LogP contribution is 2.60. The van der Waals surface area contributed by atoms with Gasteiger partial charge in [-0.3, -0.25) is 4.90 Å². The molecule has 3 aliphatic heterocycles. The number of aromatic nitrogens is 2. The van der Waals surface area contributed by atoms with Gasteiger partial charge in [0.15, 0.2) is 0 Å². The fourth-order valence-corrected chi connectivity index (χ4v) is 7.62. The van der Waals surface area contributed by atoms with Crippen LogP contribution in [0.25, 0.3) is 0 Å². The van der Waals surface area contributed by atoms with Crippen molar-refractivity contribution in [2.24, 2.45) is 11.8 Å². The van der Waals surface area contributed by atoms with Crippen LogP contribution in [0.1, 0.15) is 78.5 Å². The number of carboxylic acid groups (broad SMARTS) is 1. The molecule has 0 aromatic carbocycles. The van der Waals surface area contributed by atoms with Crippen LogP contribution in [-0.4, -0.2) is 93.4 Å². The van der Waals surface area contributed by atoms with Gasteiger partial charge in [0.25, 0.3) is 0 Å². The summed E-state index contributed by atoms with van der Waals surface area (Å²) in [6, 6.07) is -0.210. The summed E-state index contributed by atoms with van der Waals surface area (Å²) in [6.45, 7) is 13.2. The highest BCUT2D eigenvalue weighted by Gasteiger charge is 2.72. The van der Waals surface area contributed by atoms with Gasteiger partial charge in [-0.2, -0.15) is 0 Å². The third-order valence-corrected chi connectivity index (χ3v) is 9.82. The molecule has 0 unspecified atom stereocenters. The minimum Gasteiger partial charge on any atom is -0.465 e. The summed E-state index contributed by atoms with van der Waals surface area (Å²) in [7, 11) is 3.88. The van der Waals surface area contributed by atoms with Crippen LogP contribution in [0, 0.1) is 11.8 Å². The van der Waals surface area contributed by atoms with E-state index < -0.39 is 11.7 Å². The SMILES string of the molecule is CO[C@@H]1[C@H](N(C(=O)O)[C@H](c2cn(C[C@@H]3CCCN3C)cn2)C(C)C)CC[C@]2(CO2)[C@H]1[C@@]1(C)O[C@@H]1CC=C(C)C. The van der Waals surface area contributed by atoms with E-state index >= 15 is 0 Å². The molecular weight excluding hydrogens is 496 g/mol. The van der Waals surface area contributed by atoms with Gasteiger partial charge >= 0.3 is 6.09 Å². The lowest BCUT2D eigenvalue weighted by atomic mass is 9.67. The number of rotatable bonds is 10. The summed E-state index contributed by atoms with van der Waals surface area (Å²) >= 11 is 0. The first-order valence-corrected chi connectivity index (χ1v) is 14.7. The number of ether oxygens (including phenoxy) is 3. The molecule has 5 rings (SSSR count). The summed E-state index contributed by atoms with van der Waals surface area (Å²) in [5, 5.41) is 10.7. The number of hydrogen-bond donors (Lipinski definition) is 1. The predicted octanol–water partition coefficient (Wildman–Crippen LogP) is 4.73. The number of allylic oxidation sites excluding steroid dienone is 1. The van der Waals surface area contributed by atoms with Crippen molar-refractivity contribution >= 4 is 6.09 Å². The molecule has 4 aliphatic rings. The monoisotopic (exact) mass is 544 g/mol. The van der Waals surface area contributed by atoms with Crippen LogP contribution in [-0.2, 0) is 20.8 Å². The van der Waals surface area contributed by atoms with E-state index in [1.54, 1.807) is 12.0 Å². The van der Waals surface area contributed by atoms with E-state index in [9.17, 15) is 9.90 Å². The Balaban J connectivity index is 1.42. The second-order valence-corrected chi connectivity index (χ2v) is 13.1. The zero-order valence-corrected chi connectivity index (χ0v) is 24.8. The standard InChI is InChI=1S/C30H48N4O5/c1-19(2)10-11-24-29(5,39-24)27-26(37-7)23(12-13-30(27)17-38-30)34(28(35)36)25(20(3)4)22-16-33(18-31-22)15-21-9-8-14-32(21)6/h10,16,18,20-21,23-27H,8-9,11-15,17H2,1-7H3,(H,35,36)/t21-,23+,24+,25-,26+,27+,29-,30-/m0/s1. The summed E-state index contributed by atoms with van der Waals surface area (Å²) < 4.78 is 20.8. The minimum atomic E-state index is -0.930. The van der Waals surface area contributed by atoms with Crippen molar-refractivity contribution in [1.82, 2.24) is 19.4 Å². The minimum absolute atomic E-state index is 0.0424. The van der Waals surface area contributed by atoms with Crippen molar-refractivity contribution in [2.45, 2.75) is 115 Å². The van der Waals surface area contributed by atoms with Gasteiger partial charge in [0.05, 0.1) is 48.5 Å². The largest absolute Gasteiger partial charge is 0.465 e. The van der Waals surface area contributed by atoms with Crippen LogP contribution in [0.3, 0.4) is 0 Å². The number of amides is 1. The number of nitrogens with zero attached hydrogens (tertiary/aromatic N) is 4. The molecule has 1 aromatic rings. The highest BCUT2D eigenvalue weighted by molar-refractivity contribution is 5.66. The first-order chi connectivity index (χ1) is 18.5.